The second kappa shape index (κ2) is 11.5. The topological polar surface area (TPSA) is 88.1 Å². The van der Waals surface area contributed by atoms with Crippen LogP contribution in [0.3, 0.4) is 0 Å². The molecule has 0 amide bonds. The number of rotatable bonds is 12. The van der Waals surface area contributed by atoms with E-state index in [-0.39, 0.29) is 24.0 Å². The molecule has 0 aliphatic heterocycles. The molecule has 2 unspecified atom stereocenters. The second-order valence-corrected chi connectivity index (χ2v) is 8.58. The number of carbonyl (C=O) groups excluding carboxylic acids is 3. The van der Waals surface area contributed by atoms with Gasteiger partial charge in [0.15, 0.2) is 11.2 Å². The van der Waals surface area contributed by atoms with E-state index in [4.69, 9.17) is 19.6 Å². The van der Waals surface area contributed by atoms with Crippen molar-refractivity contribution in [1.29, 1.82) is 0 Å². The fourth-order valence-electron chi connectivity index (χ4n) is 3.23. The van der Waals surface area contributed by atoms with Crippen LogP contribution in [0.5, 0.6) is 0 Å². The fourth-order valence-corrected chi connectivity index (χ4v) is 3.23. The van der Waals surface area contributed by atoms with Crippen molar-refractivity contribution in [1.82, 2.24) is 0 Å². The summed E-state index contributed by atoms with van der Waals surface area (Å²) < 4.78 is 0. The van der Waals surface area contributed by atoms with Gasteiger partial charge < -0.3 is 0 Å². The highest BCUT2D eigenvalue weighted by molar-refractivity contribution is 5.95. The third kappa shape index (κ3) is 7.23. The maximum absolute atomic E-state index is 14.0. The van der Waals surface area contributed by atoms with E-state index in [9.17, 15) is 14.4 Å². The smallest absolute Gasteiger partial charge is 0.293 e. The molecular formula is C27H30O7. The van der Waals surface area contributed by atoms with Gasteiger partial charge in [0.05, 0.1) is 0 Å². The zero-order valence-corrected chi connectivity index (χ0v) is 20.0. The Kier molecular flexibility index (Phi) is 9.06. The molecule has 7 nitrogen and oxygen atoms in total. The minimum Gasteiger partial charge on any atom is -0.293 e. The lowest BCUT2D eigenvalue weighted by Crippen LogP contribution is -2.55. The van der Waals surface area contributed by atoms with E-state index < -0.39 is 28.9 Å². The Morgan fingerprint density at radius 3 is 1.29 bits per heavy atom. The summed E-state index contributed by atoms with van der Waals surface area (Å²) in [5.41, 5.74) is -1.66. The fraction of sp³-hybridized carbons (Fsp3) is 0.296. The van der Waals surface area contributed by atoms with Crippen molar-refractivity contribution in [2.75, 3.05) is 0 Å². The molecule has 0 aliphatic rings. The molecule has 2 aromatic rings. The van der Waals surface area contributed by atoms with Crippen LogP contribution in [0.4, 0.5) is 0 Å². The summed E-state index contributed by atoms with van der Waals surface area (Å²) in [5, 5.41) is 0. The number of hydrogen-bond acceptors (Lipinski definition) is 7. The van der Waals surface area contributed by atoms with Gasteiger partial charge in [0.1, 0.15) is 0 Å². The van der Waals surface area contributed by atoms with Gasteiger partial charge in [-0.1, -0.05) is 73.8 Å². The highest BCUT2D eigenvalue weighted by Crippen LogP contribution is 2.31. The van der Waals surface area contributed by atoms with Gasteiger partial charge in [-0.3, -0.25) is 14.6 Å². The molecule has 0 aliphatic carbocycles. The van der Waals surface area contributed by atoms with Crippen LogP contribution < -0.4 is 0 Å². The van der Waals surface area contributed by atoms with Crippen molar-refractivity contribution >= 4 is 17.7 Å². The van der Waals surface area contributed by atoms with Crippen LogP contribution in [0.15, 0.2) is 85.0 Å². The van der Waals surface area contributed by atoms with E-state index in [1.807, 2.05) is 60.7 Å². The third-order valence-corrected chi connectivity index (χ3v) is 5.03. The van der Waals surface area contributed by atoms with Gasteiger partial charge in [-0.05, 0) is 38.8 Å². The molecule has 0 saturated carbocycles. The quantitative estimate of drug-likeness (QED) is 0.255. The number of ketones is 1. The average molecular weight is 467 g/mol. The molecule has 0 aromatic heterocycles. The second-order valence-electron chi connectivity index (χ2n) is 8.58. The lowest BCUT2D eigenvalue weighted by Gasteiger charge is -2.35. The number of hydrogen-bond donors (Lipinski definition) is 0. The maximum atomic E-state index is 14.0. The predicted molar refractivity (Wildman–Crippen MR) is 126 cm³/mol. The SMILES string of the molecule is C=C(C)C(=O)OOC(C)(Cc1ccccc1)C(=O)C(C)(Cc1ccccc1)OOC(=O)C(=C)C. The van der Waals surface area contributed by atoms with Gasteiger partial charge in [0, 0.05) is 24.0 Å². The Morgan fingerprint density at radius 1 is 0.676 bits per heavy atom. The lowest BCUT2D eigenvalue weighted by atomic mass is 9.80. The normalized spacial score (nSPS) is 14.2. The molecular weight excluding hydrogens is 436 g/mol. The van der Waals surface area contributed by atoms with E-state index in [1.165, 1.54) is 27.7 Å². The summed E-state index contributed by atoms with van der Waals surface area (Å²) in [6, 6.07) is 18.2. The summed E-state index contributed by atoms with van der Waals surface area (Å²) in [7, 11) is 0. The first-order valence-corrected chi connectivity index (χ1v) is 10.7. The lowest BCUT2D eigenvalue weighted by molar-refractivity contribution is -0.339. The zero-order chi connectivity index (χ0) is 25.4. The predicted octanol–water partition coefficient (Wildman–Crippen LogP) is 4.66. The van der Waals surface area contributed by atoms with Crippen LogP contribution >= 0.6 is 0 Å². The van der Waals surface area contributed by atoms with E-state index in [1.54, 1.807) is 0 Å². The van der Waals surface area contributed by atoms with Gasteiger partial charge in [0.25, 0.3) is 0 Å². The summed E-state index contributed by atoms with van der Waals surface area (Å²) >= 11 is 0. The van der Waals surface area contributed by atoms with E-state index in [0.717, 1.165) is 11.1 Å². The first kappa shape index (κ1) is 26.7. The molecule has 7 heteroatoms. The minimum atomic E-state index is -1.69. The Balaban J connectivity index is 2.45. The molecule has 0 saturated heterocycles. The molecule has 34 heavy (non-hydrogen) atoms. The first-order chi connectivity index (χ1) is 16.0. The molecule has 2 rings (SSSR count). The Hall–Kier alpha value is -3.55. The van der Waals surface area contributed by atoms with Gasteiger partial charge in [0.2, 0.25) is 5.78 Å². The first-order valence-electron chi connectivity index (χ1n) is 10.7. The standard InChI is InChI=1S/C27H30O7/c1-19(2)23(28)31-33-26(5,17-21-13-9-7-10-14-21)25(30)27(6,34-32-24(29)20(3)4)18-22-15-11-8-12-16-22/h7-16H,1,3,17-18H2,2,4-6H3. The Bertz CT molecular complexity index is 962. The third-order valence-electron chi connectivity index (χ3n) is 5.03. The molecule has 180 valence electrons. The maximum Gasteiger partial charge on any atom is 0.368 e. The average Bonchev–Trinajstić information content (AvgIpc) is 2.81. The molecule has 0 fully saturated rings. The number of Topliss-reactive ketones (excluding diaryl/α,β-unsaturated/α-hetero) is 1. The van der Waals surface area contributed by atoms with Crippen molar-refractivity contribution in [3.05, 3.63) is 96.1 Å². The molecule has 0 spiro atoms. The number of benzene rings is 2. The highest BCUT2D eigenvalue weighted by atomic mass is 17.2. The van der Waals surface area contributed by atoms with Gasteiger partial charge >= 0.3 is 11.9 Å². The van der Waals surface area contributed by atoms with E-state index >= 15 is 0 Å². The van der Waals surface area contributed by atoms with E-state index in [2.05, 4.69) is 13.2 Å². The van der Waals surface area contributed by atoms with Gasteiger partial charge in [-0.15, -0.1) is 0 Å². The summed E-state index contributed by atoms with van der Waals surface area (Å²) in [6.07, 6.45) is 0.108. The van der Waals surface area contributed by atoms with Crippen molar-refractivity contribution in [2.45, 2.75) is 51.7 Å². The molecule has 0 bridgehead atoms. The molecule has 0 heterocycles. The monoisotopic (exact) mass is 466 g/mol. The Labute approximate surface area is 199 Å². The van der Waals surface area contributed by atoms with Crippen molar-refractivity contribution < 1.29 is 33.9 Å². The zero-order valence-electron chi connectivity index (χ0n) is 20.0. The number of carbonyl (C=O) groups is 3. The van der Waals surface area contributed by atoms with Gasteiger partial charge in [-0.2, -0.15) is 9.78 Å². The van der Waals surface area contributed by atoms with Crippen molar-refractivity contribution in [3.63, 3.8) is 0 Å². The van der Waals surface area contributed by atoms with E-state index in [0.29, 0.717) is 0 Å². The van der Waals surface area contributed by atoms with Crippen LogP contribution in [-0.2, 0) is 46.8 Å². The molecule has 2 aromatic carbocycles. The van der Waals surface area contributed by atoms with Gasteiger partial charge in [-0.25, -0.2) is 9.59 Å². The highest BCUT2D eigenvalue weighted by Gasteiger charge is 2.50. The van der Waals surface area contributed by atoms with Crippen LogP contribution in [0.1, 0.15) is 38.8 Å². The van der Waals surface area contributed by atoms with Crippen LogP contribution in [-0.4, -0.2) is 28.9 Å². The van der Waals surface area contributed by atoms with Crippen LogP contribution in [0.25, 0.3) is 0 Å². The summed E-state index contributed by atoms with van der Waals surface area (Å²) in [6.45, 7) is 12.9. The Morgan fingerprint density at radius 2 is 1.00 bits per heavy atom. The molecule has 0 radical (unpaired) electrons. The summed E-state index contributed by atoms with van der Waals surface area (Å²) in [4.78, 5) is 58.8. The summed E-state index contributed by atoms with van der Waals surface area (Å²) in [5.74, 6) is -2.23. The van der Waals surface area contributed by atoms with Crippen molar-refractivity contribution in [2.24, 2.45) is 0 Å². The van der Waals surface area contributed by atoms with Crippen LogP contribution in [0, 0.1) is 0 Å². The van der Waals surface area contributed by atoms with Crippen molar-refractivity contribution in [3.8, 4) is 0 Å². The molecule has 0 N–H and O–H groups in total. The molecule has 2 atom stereocenters. The minimum absolute atomic E-state index is 0.0539. The largest absolute Gasteiger partial charge is 0.368 e. The van der Waals surface area contributed by atoms with Crippen LogP contribution in [0.2, 0.25) is 0 Å².